The number of halogens is 1. The molecule has 0 atom stereocenters. The summed E-state index contributed by atoms with van der Waals surface area (Å²) in [5.41, 5.74) is 1.80. The number of nitriles is 2. The molecule has 68 valence electrons. The average molecular weight is 247 g/mol. The van der Waals surface area contributed by atoms with Crippen molar-refractivity contribution in [3.63, 3.8) is 0 Å². The smallest absolute Gasteiger partial charge is 0.134 e. The molecule has 0 aromatic heterocycles. The highest BCUT2D eigenvalue weighted by Crippen LogP contribution is 2.20. The van der Waals surface area contributed by atoms with E-state index in [9.17, 15) is 0 Å². The number of hydrogen-bond donors (Lipinski definition) is 0. The molecule has 0 unspecified atom stereocenters. The number of alkyl halides is 1. The Hall–Kier alpha value is -1.58. The van der Waals surface area contributed by atoms with Gasteiger partial charge in [0.25, 0.3) is 0 Å². The van der Waals surface area contributed by atoms with Gasteiger partial charge in [0.05, 0.1) is 0 Å². The molecule has 2 nitrogen and oxygen atoms in total. The van der Waals surface area contributed by atoms with Crippen LogP contribution < -0.4 is 0 Å². The van der Waals surface area contributed by atoms with E-state index in [2.05, 4.69) is 15.9 Å². The third-order valence-corrected chi connectivity index (χ3v) is 2.34. The topological polar surface area (TPSA) is 47.6 Å². The van der Waals surface area contributed by atoms with Crippen molar-refractivity contribution >= 4 is 21.5 Å². The second-order valence-corrected chi connectivity index (χ2v) is 3.14. The van der Waals surface area contributed by atoms with Gasteiger partial charge < -0.3 is 0 Å². The van der Waals surface area contributed by atoms with E-state index in [4.69, 9.17) is 10.5 Å². The van der Waals surface area contributed by atoms with Crippen LogP contribution in [0.15, 0.2) is 35.9 Å². The van der Waals surface area contributed by atoms with Gasteiger partial charge in [0, 0.05) is 5.33 Å². The van der Waals surface area contributed by atoms with Crippen LogP contribution in [0.3, 0.4) is 0 Å². The molecule has 14 heavy (non-hydrogen) atoms. The highest BCUT2D eigenvalue weighted by atomic mass is 79.9. The lowest BCUT2D eigenvalue weighted by Crippen LogP contribution is -1.89. The predicted molar refractivity (Wildman–Crippen MR) is 58.4 cm³/mol. The molecule has 3 heteroatoms. The predicted octanol–water partition coefficient (Wildman–Crippen LogP) is 2.88. The van der Waals surface area contributed by atoms with E-state index in [0.29, 0.717) is 5.33 Å². The molecule has 1 aromatic rings. The zero-order valence-electron chi connectivity index (χ0n) is 7.37. The van der Waals surface area contributed by atoms with Crippen molar-refractivity contribution < 1.29 is 0 Å². The van der Waals surface area contributed by atoms with E-state index in [-0.39, 0.29) is 5.57 Å². The second-order valence-electron chi connectivity index (χ2n) is 2.58. The fourth-order valence-electron chi connectivity index (χ4n) is 1.09. The molecule has 0 heterocycles. The fourth-order valence-corrected chi connectivity index (χ4v) is 1.69. The van der Waals surface area contributed by atoms with Gasteiger partial charge in [-0.2, -0.15) is 10.5 Å². The van der Waals surface area contributed by atoms with Crippen LogP contribution in [0.1, 0.15) is 5.56 Å². The first kappa shape index (κ1) is 10.5. The lowest BCUT2D eigenvalue weighted by atomic mass is 10.0. The summed E-state index contributed by atoms with van der Waals surface area (Å²) in [6, 6.07) is 13.2. The maximum absolute atomic E-state index is 8.74. The summed E-state index contributed by atoms with van der Waals surface area (Å²) >= 11 is 3.27. The quantitative estimate of drug-likeness (QED) is 0.595. The van der Waals surface area contributed by atoms with Gasteiger partial charge >= 0.3 is 0 Å². The molecule has 0 aliphatic heterocycles. The Kier molecular flexibility index (Phi) is 3.91. The maximum Gasteiger partial charge on any atom is 0.134 e. The Morgan fingerprint density at radius 1 is 1.14 bits per heavy atom. The minimum atomic E-state index is 0.160. The Bertz CT molecular complexity index is 405. The lowest BCUT2D eigenvalue weighted by Gasteiger charge is -2.02. The number of nitrogens with zero attached hydrogens (tertiary/aromatic N) is 2. The van der Waals surface area contributed by atoms with E-state index in [1.165, 1.54) is 0 Å². The first-order valence-electron chi connectivity index (χ1n) is 3.98. The second kappa shape index (κ2) is 5.21. The minimum Gasteiger partial charge on any atom is -0.192 e. The van der Waals surface area contributed by atoms with Gasteiger partial charge in [-0.25, -0.2) is 0 Å². The highest BCUT2D eigenvalue weighted by molar-refractivity contribution is 9.09. The van der Waals surface area contributed by atoms with Crippen LogP contribution >= 0.6 is 15.9 Å². The van der Waals surface area contributed by atoms with Gasteiger partial charge in [0.1, 0.15) is 17.7 Å². The average Bonchev–Trinajstić information content (AvgIpc) is 2.27. The van der Waals surface area contributed by atoms with Gasteiger partial charge in [-0.15, -0.1) is 0 Å². The highest BCUT2D eigenvalue weighted by Gasteiger charge is 2.06. The third kappa shape index (κ3) is 2.22. The van der Waals surface area contributed by atoms with Crippen LogP contribution in [0, 0.1) is 22.7 Å². The summed E-state index contributed by atoms with van der Waals surface area (Å²) < 4.78 is 0. The van der Waals surface area contributed by atoms with Crippen molar-refractivity contribution in [2.24, 2.45) is 0 Å². The number of rotatable bonds is 2. The molecule has 0 aliphatic carbocycles. The van der Waals surface area contributed by atoms with Gasteiger partial charge in [0.2, 0.25) is 0 Å². The minimum absolute atomic E-state index is 0.160. The summed E-state index contributed by atoms with van der Waals surface area (Å²) in [7, 11) is 0. The Labute approximate surface area is 91.2 Å². The molecule has 0 radical (unpaired) electrons. The van der Waals surface area contributed by atoms with Crippen LogP contribution in [-0.4, -0.2) is 5.33 Å². The first-order valence-corrected chi connectivity index (χ1v) is 5.10. The van der Waals surface area contributed by atoms with Crippen LogP contribution in [0.2, 0.25) is 0 Å². The SMILES string of the molecule is N#CC(C#N)=C(CBr)c1ccccc1. The molecule has 0 N–H and O–H groups in total. The van der Waals surface area contributed by atoms with E-state index in [0.717, 1.165) is 11.1 Å². The standard InChI is InChI=1S/C11H7BrN2/c12-6-11(10(7-13)8-14)9-4-2-1-3-5-9/h1-5H,6H2. The number of allylic oxidation sites excluding steroid dienone is 2. The first-order chi connectivity index (χ1) is 6.83. The molecule has 0 saturated carbocycles. The van der Waals surface area contributed by atoms with Gasteiger partial charge in [-0.3, -0.25) is 0 Å². The molecular formula is C11H7BrN2. The van der Waals surface area contributed by atoms with Crippen molar-refractivity contribution in [2.75, 3.05) is 5.33 Å². The monoisotopic (exact) mass is 246 g/mol. The Morgan fingerprint density at radius 2 is 1.71 bits per heavy atom. The molecule has 0 spiro atoms. The summed E-state index contributed by atoms with van der Waals surface area (Å²) in [5.74, 6) is 0. The van der Waals surface area contributed by atoms with Crippen molar-refractivity contribution in [1.82, 2.24) is 0 Å². The summed E-state index contributed by atoms with van der Waals surface area (Å²) in [4.78, 5) is 0. The summed E-state index contributed by atoms with van der Waals surface area (Å²) in [5, 5.41) is 18.0. The van der Waals surface area contributed by atoms with Crippen molar-refractivity contribution in [3.8, 4) is 12.1 Å². The van der Waals surface area contributed by atoms with Gasteiger partial charge in [0.15, 0.2) is 0 Å². The van der Waals surface area contributed by atoms with Crippen molar-refractivity contribution in [2.45, 2.75) is 0 Å². The van der Waals surface area contributed by atoms with Crippen molar-refractivity contribution in [1.29, 1.82) is 10.5 Å². The molecule has 0 saturated heterocycles. The maximum atomic E-state index is 8.74. The molecule has 1 aromatic carbocycles. The van der Waals surface area contributed by atoms with Crippen molar-refractivity contribution in [3.05, 3.63) is 41.5 Å². The van der Waals surface area contributed by atoms with E-state index in [1.54, 1.807) is 0 Å². The fraction of sp³-hybridized carbons (Fsp3) is 0.0909. The lowest BCUT2D eigenvalue weighted by molar-refractivity contribution is 1.45. The zero-order valence-corrected chi connectivity index (χ0v) is 8.95. The van der Waals surface area contributed by atoms with E-state index >= 15 is 0 Å². The summed E-state index contributed by atoms with van der Waals surface area (Å²) in [6.07, 6.45) is 0. The molecular weight excluding hydrogens is 240 g/mol. The summed E-state index contributed by atoms with van der Waals surface area (Å²) in [6.45, 7) is 0. The van der Waals surface area contributed by atoms with Crippen LogP contribution in [0.5, 0.6) is 0 Å². The van der Waals surface area contributed by atoms with Gasteiger partial charge in [-0.1, -0.05) is 46.3 Å². The Morgan fingerprint density at radius 3 is 2.14 bits per heavy atom. The largest absolute Gasteiger partial charge is 0.192 e. The number of benzene rings is 1. The zero-order chi connectivity index (χ0) is 10.4. The normalized spacial score (nSPS) is 8.50. The van der Waals surface area contributed by atoms with Crippen LogP contribution in [-0.2, 0) is 0 Å². The van der Waals surface area contributed by atoms with Crippen LogP contribution in [0.25, 0.3) is 5.57 Å². The molecule has 0 fully saturated rings. The molecule has 0 aliphatic rings. The molecule has 1 rings (SSSR count). The van der Waals surface area contributed by atoms with Gasteiger partial charge in [-0.05, 0) is 11.1 Å². The van der Waals surface area contributed by atoms with Crippen LogP contribution in [0.4, 0.5) is 0 Å². The Balaban J connectivity index is 3.26. The number of hydrogen-bond acceptors (Lipinski definition) is 2. The third-order valence-electron chi connectivity index (χ3n) is 1.78. The van der Waals surface area contributed by atoms with E-state index < -0.39 is 0 Å². The molecule has 0 amide bonds. The van der Waals surface area contributed by atoms with E-state index in [1.807, 2.05) is 42.5 Å². The molecule has 0 bridgehead atoms.